The van der Waals surface area contributed by atoms with Crippen LogP contribution in [0.3, 0.4) is 0 Å². The second kappa shape index (κ2) is 7.43. The number of nitrogens with zero attached hydrogens (tertiary/aromatic N) is 1. The van der Waals surface area contributed by atoms with Gasteiger partial charge in [-0.1, -0.05) is 38.5 Å². The van der Waals surface area contributed by atoms with E-state index in [4.69, 9.17) is 8.92 Å². The van der Waals surface area contributed by atoms with E-state index in [1.807, 2.05) is 48.5 Å². The SMILES string of the molecule is Cc1ccc(S(=O)(=O)O[C@@H]2C[C@@H](C(C)(C)C)N(C(=O)OC(C)(C)C)C2)cc1. The molecule has 1 aromatic rings. The Labute approximate surface area is 163 Å². The lowest BCUT2D eigenvalue weighted by molar-refractivity contribution is 0.0115. The molecule has 6 nitrogen and oxygen atoms in total. The van der Waals surface area contributed by atoms with Gasteiger partial charge < -0.3 is 9.64 Å². The number of benzene rings is 1. The van der Waals surface area contributed by atoms with Crippen molar-refractivity contribution in [3.05, 3.63) is 29.8 Å². The van der Waals surface area contributed by atoms with E-state index >= 15 is 0 Å². The standard InChI is InChI=1S/C20H31NO5S/c1-14-8-10-16(11-9-14)27(23,24)26-15-12-17(19(2,3)4)21(13-15)18(22)25-20(5,6)7/h8-11,15,17H,12-13H2,1-7H3/t15-,17+/m1/s1. The van der Waals surface area contributed by atoms with E-state index in [1.54, 1.807) is 17.0 Å². The number of hydrogen-bond donors (Lipinski definition) is 0. The van der Waals surface area contributed by atoms with E-state index in [9.17, 15) is 13.2 Å². The number of ether oxygens (including phenoxy) is 1. The monoisotopic (exact) mass is 397 g/mol. The Morgan fingerprint density at radius 3 is 2.11 bits per heavy atom. The maximum absolute atomic E-state index is 12.6. The smallest absolute Gasteiger partial charge is 0.410 e. The van der Waals surface area contributed by atoms with Crippen LogP contribution in [0, 0.1) is 12.3 Å². The largest absolute Gasteiger partial charge is 0.444 e. The van der Waals surface area contributed by atoms with E-state index < -0.39 is 27.9 Å². The molecule has 152 valence electrons. The summed E-state index contributed by atoms with van der Waals surface area (Å²) in [6, 6.07) is 6.36. The van der Waals surface area contributed by atoms with E-state index in [1.165, 1.54) is 12.1 Å². The summed E-state index contributed by atoms with van der Waals surface area (Å²) in [6.45, 7) is 13.6. The molecular weight excluding hydrogens is 366 g/mol. The minimum atomic E-state index is -3.89. The van der Waals surface area contributed by atoms with Crippen LogP contribution in [0.5, 0.6) is 0 Å². The topological polar surface area (TPSA) is 72.9 Å². The van der Waals surface area contributed by atoms with Crippen molar-refractivity contribution in [1.82, 2.24) is 4.90 Å². The average Bonchev–Trinajstić information content (AvgIpc) is 2.89. The highest BCUT2D eigenvalue weighted by Crippen LogP contribution is 2.36. The van der Waals surface area contributed by atoms with Gasteiger partial charge in [-0.25, -0.2) is 4.79 Å². The van der Waals surface area contributed by atoms with Crippen LogP contribution in [-0.4, -0.2) is 43.7 Å². The molecule has 1 heterocycles. The predicted octanol–water partition coefficient (Wildman–Crippen LogP) is 4.12. The molecule has 7 heteroatoms. The third-order valence-corrected chi connectivity index (χ3v) is 5.84. The van der Waals surface area contributed by atoms with Crippen molar-refractivity contribution in [3.63, 3.8) is 0 Å². The van der Waals surface area contributed by atoms with E-state index in [-0.39, 0.29) is 22.9 Å². The number of carbonyl (C=O) groups is 1. The lowest BCUT2D eigenvalue weighted by atomic mass is 9.85. The van der Waals surface area contributed by atoms with Gasteiger partial charge in [0, 0.05) is 6.04 Å². The molecule has 1 aliphatic rings. The maximum Gasteiger partial charge on any atom is 0.410 e. The average molecular weight is 398 g/mol. The maximum atomic E-state index is 12.6. The fourth-order valence-corrected chi connectivity index (χ4v) is 4.23. The van der Waals surface area contributed by atoms with E-state index in [0.717, 1.165) is 5.56 Å². The lowest BCUT2D eigenvalue weighted by Crippen LogP contribution is -2.45. The molecule has 0 unspecified atom stereocenters. The van der Waals surface area contributed by atoms with Crippen molar-refractivity contribution in [1.29, 1.82) is 0 Å². The highest BCUT2D eigenvalue weighted by atomic mass is 32.2. The summed E-state index contributed by atoms with van der Waals surface area (Å²) in [6.07, 6.45) is -0.609. The van der Waals surface area contributed by atoms with Gasteiger partial charge in [-0.3, -0.25) is 4.18 Å². The second-order valence-corrected chi connectivity index (χ2v) is 10.8. The first-order valence-electron chi connectivity index (χ1n) is 9.19. The number of aryl methyl sites for hydroxylation is 1. The summed E-state index contributed by atoms with van der Waals surface area (Å²) in [7, 11) is -3.89. The van der Waals surface area contributed by atoms with Gasteiger partial charge in [0.25, 0.3) is 10.1 Å². The van der Waals surface area contributed by atoms with Gasteiger partial charge in [0.05, 0.1) is 17.5 Å². The molecule has 2 atom stereocenters. The van der Waals surface area contributed by atoms with Crippen LogP contribution in [0.1, 0.15) is 53.5 Å². The molecule has 27 heavy (non-hydrogen) atoms. The quantitative estimate of drug-likeness (QED) is 0.717. The van der Waals surface area contributed by atoms with Crippen LogP contribution >= 0.6 is 0 Å². The van der Waals surface area contributed by atoms with Crippen molar-refractivity contribution < 1.29 is 22.1 Å². The molecule has 0 saturated carbocycles. The highest BCUT2D eigenvalue weighted by molar-refractivity contribution is 7.86. The minimum Gasteiger partial charge on any atom is -0.444 e. The molecule has 1 saturated heterocycles. The summed E-state index contributed by atoms with van der Waals surface area (Å²) in [4.78, 5) is 14.4. The van der Waals surface area contributed by atoms with Gasteiger partial charge in [0.2, 0.25) is 0 Å². The van der Waals surface area contributed by atoms with Gasteiger partial charge in [-0.15, -0.1) is 0 Å². The Balaban J connectivity index is 2.19. The molecule has 1 aromatic carbocycles. The number of hydrogen-bond acceptors (Lipinski definition) is 5. The first-order chi connectivity index (χ1) is 12.2. The first-order valence-corrected chi connectivity index (χ1v) is 10.6. The van der Waals surface area contributed by atoms with Crippen LogP contribution < -0.4 is 0 Å². The molecule has 0 aliphatic carbocycles. The Kier molecular flexibility index (Phi) is 5.97. The van der Waals surface area contributed by atoms with Crippen molar-refractivity contribution in [2.75, 3.05) is 6.54 Å². The summed E-state index contributed by atoms with van der Waals surface area (Å²) in [5.41, 5.74) is 0.119. The summed E-state index contributed by atoms with van der Waals surface area (Å²) < 4.78 is 36.2. The molecule has 0 aromatic heterocycles. The normalized spacial score (nSPS) is 21.4. The summed E-state index contributed by atoms with van der Waals surface area (Å²) >= 11 is 0. The summed E-state index contributed by atoms with van der Waals surface area (Å²) in [5, 5.41) is 0. The second-order valence-electron chi connectivity index (χ2n) is 9.24. The third kappa shape index (κ3) is 5.69. The zero-order chi connectivity index (χ0) is 20.6. The fourth-order valence-electron chi connectivity index (χ4n) is 3.15. The number of amides is 1. The molecule has 2 rings (SSSR count). The molecule has 0 radical (unpaired) electrons. The zero-order valence-electron chi connectivity index (χ0n) is 17.3. The zero-order valence-corrected chi connectivity index (χ0v) is 18.1. The van der Waals surface area contributed by atoms with Crippen molar-refractivity contribution in [3.8, 4) is 0 Å². The summed E-state index contributed by atoms with van der Waals surface area (Å²) in [5.74, 6) is 0. The van der Waals surface area contributed by atoms with Crippen LogP contribution in [0.4, 0.5) is 4.79 Å². The van der Waals surface area contributed by atoms with Crippen LogP contribution in [-0.2, 0) is 19.0 Å². The van der Waals surface area contributed by atoms with E-state index in [2.05, 4.69) is 0 Å². The predicted molar refractivity (Wildman–Crippen MR) is 104 cm³/mol. The lowest BCUT2D eigenvalue weighted by Gasteiger charge is -2.35. The molecule has 0 N–H and O–H groups in total. The Bertz CT molecular complexity index is 772. The van der Waals surface area contributed by atoms with Crippen molar-refractivity contribution in [2.45, 2.75) is 77.5 Å². The first kappa shape index (κ1) is 21.7. The molecule has 0 bridgehead atoms. The van der Waals surface area contributed by atoms with E-state index in [0.29, 0.717) is 6.42 Å². The Hall–Kier alpha value is -1.60. The number of likely N-dealkylation sites (tertiary alicyclic amines) is 1. The molecule has 1 aliphatic heterocycles. The van der Waals surface area contributed by atoms with Gasteiger partial charge in [0.15, 0.2) is 0 Å². The number of carbonyl (C=O) groups excluding carboxylic acids is 1. The fraction of sp³-hybridized carbons (Fsp3) is 0.650. The van der Waals surface area contributed by atoms with Gasteiger partial charge in [-0.05, 0) is 51.7 Å². The van der Waals surface area contributed by atoms with Crippen molar-refractivity contribution in [2.24, 2.45) is 5.41 Å². The molecular formula is C20H31NO5S. The van der Waals surface area contributed by atoms with Gasteiger partial charge in [-0.2, -0.15) is 8.42 Å². The number of rotatable bonds is 3. The minimum absolute atomic E-state index is 0.121. The Morgan fingerprint density at radius 1 is 1.07 bits per heavy atom. The van der Waals surface area contributed by atoms with Gasteiger partial charge in [0.1, 0.15) is 5.60 Å². The molecule has 1 amide bonds. The van der Waals surface area contributed by atoms with Crippen molar-refractivity contribution >= 4 is 16.2 Å². The van der Waals surface area contributed by atoms with Crippen LogP contribution in [0.2, 0.25) is 0 Å². The third-order valence-electron chi connectivity index (χ3n) is 4.46. The highest BCUT2D eigenvalue weighted by Gasteiger charge is 2.45. The van der Waals surface area contributed by atoms with Gasteiger partial charge >= 0.3 is 6.09 Å². The molecule has 0 spiro atoms. The van der Waals surface area contributed by atoms with Crippen LogP contribution in [0.25, 0.3) is 0 Å². The molecule has 1 fully saturated rings. The van der Waals surface area contributed by atoms with Crippen LogP contribution in [0.15, 0.2) is 29.2 Å². The Morgan fingerprint density at radius 2 is 1.63 bits per heavy atom.